The first kappa shape index (κ1) is 12.1. The molecule has 0 aliphatic carbocycles. The van der Waals surface area contributed by atoms with Gasteiger partial charge in [-0.15, -0.1) is 0 Å². The first-order chi connectivity index (χ1) is 3.25. The van der Waals surface area contributed by atoms with E-state index in [0.29, 0.717) is 0 Å². The van der Waals surface area contributed by atoms with Crippen molar-refractivity contribution >= 4 is 37.4 Å². The quantitative estimate of drug-likeness (QED) is 0.293. The zero-order valence-electron chi connectivity index (χ0n) is 4.21. The molecule has 0 amide bonds. The smallest absolute Gasteiger partial charge is 0.175 e. The van der Waals surface area contributed by atoms with Gasteiger partial charge in [0.15, 0.2) is 0 Å². The Morgan fingerprint density at radius 3 is 0.889 bits per heavy atom. The van der Waals surface area contributed by atoms with Crippen LogP contribution in [0, 0.1) is 0 Å². The maximum atomic E-state index is 10.9. The molecule has 0 aliphatic rings. The van der Waals surface area contributed by atoms with Gasteiger partial charge in [-0.1, -0.05) is 7.77 Å². The van der Waals surface area contributed by atoms with E-state index in [0.717, 1.165) is 0 Å². The number of halogens is 2. The summed E-state index contributed by atoms with van der Waals surface area (Å²) >= 11 is 0. The average Bonchev–Trinajstić information content (AvgIpc) is 1.25. The molecule has 0 aromatic heterocycles. The molecule has 0 atom stereocenters. The molecule has 51 valence electrons. The van der Waals surface area contributed by atoms with Gasteiger partial charge in [0.1, 0.15) is 0 Å². The minimum Gasteiger partial charge on any atom is -0.175 e. The van der Waals surface area contributed by atoms with Gasteiger partial charge < -0.3 is 0 Å². The van der Waals surface area contributed by atoms with Gasteiger partial charge in [0, 0.05) is 18.9 Å². The maximum absolute atomic E-state index is 10.9. The molecule has 0 unspecified atom stereocenters. The Balaban J connectivity index is 0. The van der Waals surface area contributed by atoms with Gasteiger partial charge in [-0.2, -0.15) is 16.8 Å². The Morgan fingerprint density at radius 1 is 0.778 bits per heavy atom. The van der Waals surface area contributed by atoms with Crippen molar-refractivity contribution in [2.45, 2.75) is 0 Å². The minimum absolute atomic E-state index is 0. The van der Waals surface area contributed by atoms with E-state index in [4.69, 9.17) is 16.8 Å². The minimum atomic E-state index is -6.03. The summed E-state index contributed by atoms with van der Waals surface area (Å²) in [4.78, 5) is 0. The van der Waals surface area contributed by atoms with Crippen LogP contribution in [0.1, 0.15) is 0 Å². The third-order valence-electron chi connectivity index (χ3n) is 0.238. The first-order valence-corrected chi connectivity index (χ1v) is 4.43. The summed E-state index contributed by atoms with van der Waals surface area (Å²) < 4.78 is 57.9. The zero-order valence-corrected chi connectivity index (χ0v) is 5.84. The molecule has 0 aromatic carbocycles. The van der Waals surface area contributed by atoms with Gasteiger partial charge in [-0.25, -0.2) is 0 Å². The van der Waals surface area contributed by atoms with Crippen molar-refractivity contribution in [3.8, 4) is 0 Å². The zero-order chi connectivity index (χ0) is 7.00. The molecular formula is F2LiO4S2. The van der Waals surface area contributed by atoms with E-state index in [2.05, 4.69) is 0 Å². The molecule has 0 saturated carbocycles. The fraction of sp³-hybridized carbons (Fsp3) is 0. The van der Waals surface area contributed by atoms with E-state index < -0.39 is 18.5 Å². The predicted molar refractivity (Wildman–Crippen MR) is 25.8 cm³/mol. The van der Waals surface area contributed by atoms with Crippen molar-refractivity contribution < 1.29 is 24.6 Å². The average molecular weight is 173 g/mol. The van der Waals surface area contributed by atoms with Gasteiger partial charge in [0.25, 0.3) is 0 Å². The summed E-state index contributed by atoms with van der Waals surface area (Å²) in [6, 6.07) is 0. The second-order valence-corrected chi connectivity index (χ2v) is 4.75. The van der Waals surface area contributed by atoms with Crippen LogP contribution in [0.3, 0.4) is 0 Å². The summed E-state index contributed by atoms with van der Waals surface area (Å²) in [5.41, 5.74) is 0. The van der Waals surface area contributed by atoms with E-state index in [1.54, 1.807) is 0 Å². The molecule has 0 spiro atoms. The maximum Gasteiger partial charge on any atom is 0.439 e. The topological polar surface area (TPSA) is 68.3 Å². The Kier molecular flexibility index (Phi) is 3.97. The number of rotatable bonds is 1. The van der Waals surface area contributed by atoms with Crippen molar-refractivity contribution in [3.05, 3.63) is 0 Å². The largest absolute Gasteiger partial charge is 0.439 e. The van der Waals surface area contributed by atoms with Crippen LogP contribution in [0.4, 0.5) is 7.77 Å². The molecule has 9 heteroatoms. The van der Waals surface area contributed by atoms with Crippen LogP contribution >= 0.6 is 0 Å². The van der Waals surface area contributed by atoms with Crippen LogP contribution in [0.2, 0.25) is 0 Å². The molecule has 0 saturated heterocycles. The standard InChI is InChI=1S/F2O4S2.Li/c1-7(3,4)8(2,5)6;. The summed E-state index contributed by atoms with van der Waals surface area (Å²) in [5, 5.41) is 0. The van der Waals surface area contributed by atoms with Gasteiger partial charge in [-0.3, -0.25) is 0 Å². The van der Waals surface area contributed by atoms with Crippen LogP contribution in [-0.2, 0) is 18.5 Å². The Bertz CT molecular complexity index is 229. The summed E-state index contributed by atoms with van der Waals surface area (Å²) in [6.07, 6.45) is 0. The van der Waals surface area contributed by atoms with Crippen molar-refractivity contribution in [1.82, 2.24) is 0 Å². The van der Waals surface area contributed by atoms with Crippen LogP contribution in [0.25, 0.3) is 0 Å². The normalized spacial score (nSPS) is 12.2. The molecule has 0 fully saturated rings. The first-order valence-electron chi connectivity index (χ1n) is 1.14. The van der Waals surface area contributed by atoms with Gasteiger partial charge >= 0.3 is 18.5 Å². The number of hydrogen-bond acceptors (Lipinski definition) is 4. The second-order valence-electron chi connectivity index (χ2n) is 0.786. The van der Waals surface area contributed by atoms with E-state index in [9.17, 15) is 7.77 Å². The molecule has 0 N–H and O–H groups in total. The monoisotopic (exact) mass is 173 g/mol. The van der Waals surface area contributed by atoms with Gasteiger partial charge in [0.2, 0.25) is 0 Å². The second kappa shape index (κ2) is 2.96. The molecule has 4 nitrogen and oxygen atoms in total. The molecule has 0 bridgehead atoms. The molecule has 0 rings (SSSR count). The van der Waals surface area contributed by atoms with E-state index in [-0.39, 0.29) is 18.9 Å². The molecule has 1 radical (unpaired) electrons. The molecule has 0 aliphatic heterocycles. The summed E-state index contributed by atoms with van der Waals surface area (Å²) in [6.45, 7) is 0. The van der Waals surface area contributed by atoms with Crippen molar-refractivity contribution in [1.29, 1.82) is 0 Å². The van der Waals surface area contributed by atoms with Crippen LogP contribution in [0.5, 0.6) is 0 Å². The van der Waals surface area contributed by atoms with Crippen molar-refractivity contribution in [2.24, 2.45) is 0 Å². The fourth-order valence-electron chi connectivity index (χ4n) is 0. The Morgan fingerprint density at radius 2 is 0.889 bits per heavy atom. The third kappa shape index (κ3) is 3.86. The van der Waals surface area contributed by atoms with E-state index in [1.165, 1.54) is 0 Å². The van der Waals surface area contributed by atoms with E-state index >= 15 is 0 Å². The van der Waals surface area contributed by atoms with Crippen molar-refractivity contribution in [2.75, 3.05) is 0 Å². The van der Waals surface area contributed by atoms with Crippen LogP contribution in [-0.4, -0.2) is 35.7 Å². The fourth-order valence-corrected chi connectivity index (χ4v) is 0. The Hall–Kier alpha value is 0.357. The molecular weight excluding hydrogens is 173 g/mol. The van der Waals surface area contributed by atoms with Crippen LogP contribution in [0.15, 0.2) is 0 Å². The summed E-state index contributed by atoms with van der Waals surface area (Å²) in [7, 11) is -12.1. The van der Waals surface area contributed by atoms with Gasteiger partial charge in [-0.05, 0) is 0 Å². The molecule has 0 heterocycles. The molecule has 9 heavy (non-hydrogen) atoms. The Labute approximate surface area is 62.2 Å². The van der Waals surface area contributed by atoms with Crippen molar-refractivity contribution in [3.63, 3.8) is 0 Å². The predicted octanol–water partition coefficient (Wildman–Crippen LogP) is -0.881. The SMILES string of the molecule is O=S(=O)(F)S(=O)(=O)F.[Li]. The van der Waals surface area contributed by atoms with Crippen LogP contribution < -0.4 is 0 Å². The number of hydrogen-bond donors (Lipinski definition) is 0. The summed E-state index contributed by atoms with van der Waals surface area (Å²) in [5.74, 6) is 0. The van der Waals surface area contributed by atoms with E-state index in [1.807, 2.05) is 0 Å². The van der Waals surface area contributed by atoms with Gasteiger partial charge in [0.05, 0.1) is 0 Å². The third-order valence-corrected chi connectivity index (χ3v) is 2.14. The molecule has 0 aromatic rings.